The minimum Gasteiger partial charge on any atom is -0.349 e. The Bertz CT molecular complexity index is 917. The number of pyridine rings is 1. The first kappa shape index (κ1) is 17.8. The van der Waals surface area contributed by atoms with Gasteiger partial charge in [-0.3, -0.25) is 9.78 Å². The summed E-state index contributed by atoms with van der Waals surface area (Å²) < 4.78 is 0. The largest absolute Gasteiger partial charge is 0.349 e. The molecule has 7 nitrogen and oxygen atoms in total. The van der Waals surface area contributed by atoms with Gasteiger partial charge in [0.25, 0.3) is 5.91 Å². The highest BCUT2D eigenvalue weighted by Crippen LogP contribution is 2.21. The Balaban J connectivity index is 1.82. The lowest BCUT2D eigenvalue weighted by Gasteiger charge is -2.08. The highest BCUT2D eigenvalue weighted by molar-refractivity contribution is 6.30. The molecule has 1 amide bonds. The molecule has 26 heavy (non-hydrogen) atoms. The topological polar surface area (TPSA) is 106 Å². The summed E-state index contributed by atoms with van der Waals surface area (Å²) in [7, 11) is 0. The van der Waals surface area contributed by atoms with Gasteiger partial charge < -0.3 is 16.4 Å². The number of aromatic nitrogens is 3. The summed E-state index contributed by atoms with van der Waals surface area (Å²) in [6, 6.07) is 12.5. The van der Waals surface area contributed by atoms with E-state index in [1.165, 1.54) is 0 Å². The van der Waals surface area contributed by atoms with E-state index in [1.807, 2.05) is 12.1 Å². The van der Waals surface area contributed by atoms with Crippen LogP contribution in [0.15, 0.2) is 54.9 Å². The van der Waals surface area contributed by atoms with Crippen molar-refractivity contribution in [1.82, 2.24) is 20.3 Å². The molecule has 0 aliphatic heterocycles. The van der Waals surface area contributed by atoms with Crippen LogP contribution in [-0.4, -0.2) is 33.9 Å². The first-order valence-corrected chi connectivity index (χ1v) is 8.34. The Kier molecular flexibility index (Phi) is 5.73. The molecule has 0 fully saturated rings. The lowest BCUT2D eigenvalue weighted by Crippen LogP contribution is -2.29. The number of nitrogens with zero attached hydrogens (tertiary/aromatic N) is 3. The van der Waals surface area contributed by atoms with Gasteiger partial charge in [0.2, 0.25) is 5.95 Å². The summed E-state index contributed by atoms with van der Waals surface area (Å²) in [6.45, 7) is 0.766. The molecule has 4 N–H and O–H groups in total. The van der Waals surface area contributed by atoms with E-state index >= 15 is 0 Å². The summed E-state index contributed by atoms with van der Waals surface area (Å²) in [5, 5.41) is 6.42. The van der Waals surface area contributed by atoms with Gasteiger partial charge in [-0.15, -0.1) is 0 Å². The number of rotatable bonds is 6. The van der Waals surface area contributed by atoms with Crippen LogP contribution >= 0.6 is 11.6 Å². The van der Waals surface area contributed by atoms with Crippen molar-refractivity contribution in [1.29, 1.82) is 0 Å². The lowest BCUT2D eigenvalue weighted by atomic mass is 10.1. The molecule has 0 atom stereocenters. The number of amides is 1. The Morgan fingerprint density at radius 3 is 2.77 bits per heavy atom. The van der Waals surface area contributed by atoms with Crippen molar-refractivity contribution in [3.8, 4) is 11.3 Å². The number of nitrogens with one attached hydrogen (secondary N) is 2. The maximum Gasteiger partial charge on any atom is 0.269 e. The lowest BCUT2D eigenvalue weighted by molar-refractivity contribution is 0.0950. The van der Waals surface area contributed by atoms with Crippen LogP contribution in [0.4, 0.5) is 11.6 Å². The maximum atomic E-state index is 12.0. The number of carbonyl (C=O) groups excluding carboxylic acids is 1. The second-order valence-corrected chi connectivity index (χ2v) is 5.81. The van der Waals surface area contributed by atoms with Crippen molar-refractivity contribution in [3.05, 3.63) is 65.6 Å². The van der Waals surface area contributed by atoms with E-state index < -0.39 is 0 Å². The van der Waals surface area contributed by atoms with Gasteiger partial charge >= 0.3 is 0 Å². The van der Waals surface area contributed by atoms with Crippen LogP contribution in [-0.2, 0) is 0 Å². The summed E-state index contributed by atoms with van der Waals surface area (Å²) >= 11 is 5.99. The first-order valence-electron chi connectivity index (χ1n) is 7.96. The fourth-order valence-corrected chi connectivity index (χ4v) is 2.46. The molecule has 0 radical (unpaired) electrons. The molecule has 0 bridgehead atoms. The number of hydrogen-bond acceptors (Lipinski definition) is 6. The molecule has 3 rings (SSSR count). The predicted octanol–water partition coefficient (Wildman–Crippen LogP) is 2.62. The molecule has 3 aromatic rings. The SMILES string of the molecule is NCCNC(=O)c1cc(-c2ccnc(Nc3cccc(Cl)c3)n2)ccn1. The van der Waals surface area contributed by atoms with Gasteiger partial charge in [0.05, 0.1) is 5.69 Å². The second-order valence-electron chi connectivity index (χ2n) is 5.38. The molecule has 8 heteroatoms. The highest BCUT2D eigenvalue weighted by atomic mass is 35.5. The van der Waals surface area contributed by atoms with Crippen LogP contribution in [0.1, 0.15) is 10.5 Å². The normalized spacial score (nSPS) is 10.4. The fraction of sp³-hybridized carbons (Fsp3) is 0.111. The molecular weight excluding hydrogens is 352 g/mol. The van der Waals surface area contributed by atoms with Crippen LogP contribution in [0.5, 0.6) is 0 Å². The maximum absolute atomic E-state index is 12.0. The zero-order chi connectivity index (χ0) is 18.4. The summed E-state index contributed by atoms with van der Waals surface area (Å²) in [5.41, 5.74) is 7.91. The van der Waals surface area contributed by atoms with Crippen LogP contribution in [0.2, 0.25) is 5.02 Å². The van der Waals surface area contributed by atoms with E-state index in [0.717, 1.165) is 11.3 Å². The average Bonchev–Trinajstić information content (AvgIpc) is 2.66. The van der Waals surface area contributed by atoms with Gasteiger partial charge in [0, 0.05) is 41.8 Å². The number of hydrogen-bond donors (Lipinski definition) is 3. The molecular formula is C18H17ClN6O. The molecule has 0 aliphatic rings. The van der Waals surface area contributed by atoms with Gasteiger partial charge in [-0.1, -0.05) is 17.7 Å². The number of halogens is 1. The van der Waals surface area contributed by atoms with E-state index in [1.54, 1.807) is 42.7 Å². The Labute approximate surface area is 155 Å². The number of nitrogens with two attached hydrogens (primary N) is 1. The van der Waals surface area contributed by atoms with Gasteiger partial charge in [-0.25, -0.2) is 9.97 Å². The smallest absolute Gasteiger partial charge is 0.269 e. The third-order valence-corrected chi connectivity index (χ3v) is 3.69. The Hall–Kier alpha value is -3.03. The summed E-state index contributed by atoms with van der Waals surface area (Å²) in [4.78, 5) is 24.8. The zero-order valence-electron chi connectivity index (χ0n) is 13.8. The Morgan fingerprint density at radius 2 is 1.96 bits per heavy atom. The van der Waals surface area contributed by atoms with Gasteiger partial charge in [-0.05, 0) is 36.4 Å². The standard InChI is InChI=1S/C18H17ClN6O/c19-13-2-1-3-14(11-13)24-18-23-8-5-15(25-18)12-4-7-21-16(10-12)17(26)22-9-6-20/h1-5,7-8,10-11H,6,9,20H2,(H,22,26)(H,23,24,25). The molecule has 0 unspecified atom stereocenters. The first-order chi connectivity index (χ1) is 12.7. The van der Waals surface area contributed by atoms with Crippen LogP contribution < -0.4 is 16.4 Å². The highest BCUT2D eigenvalue weighted by Gasteiger charge is 2.09. The average molecular weight is 369 g/mol. The molecule has 2 aromatic heterocycles. The van der Waals surface area contributed by atoms with E-state index in [4.69, 9.17) is 17.3 Å². The predicted molar refractivity (Wildman–Crippen MR) is 101 cm³/mol. The fourth-order valence-electron chi connectivity index (χ4n) is 2.27. The summed E-state index contributed by atoms with van der Waals surface area (Å²) in [5.74, 6) is 0.152. The zero-order valence-corrected chi connectivity index (χ0v) is 14.6. The van der Waals surface area contributed by atoms with E-state index in [0.29, 0.717) is 35.4 Å². The quantitative estimate of drug-likeness (QED) is 0.617. The van der Waals surface area contributed by atoms with Crippen molar-refractivity contribution < 1.29 is 4.79 Å². The van der Waals surface area contributed by atoms with Crippen molar-refractivity contribution in [2.75, 3.05) is 18.4 Å². The minimum absolute atomic E-state index is 0.274. The number of benzene rings is 1. The van der Waals surface area contributed by atoms with Crippen LogP contribution in [0.25, 0.3) is 11.3 Å². The third kappa shape index (κ3) is 4.53. The monoisotopic (exact) mass is 368 g/mol. The molecule has 0 spiro atoms. The van der Waals surface area contributed by atoms with Gasteiger partial charge in [-0.2, -0.15) is 0 Å². The van der Waals surface area contributed by atoms with E-state index in [9.17, 15) is 4.79 Å². The molecule has 2 heterocycles. The minimum atomic E-state index is -0.274. The van der Waals surface area contributed by atoms with Crippen LogP contribution in [0, 0.1) is 0 Å². The van der Waals surface area contributed by atoms with Crippen molar-refractivity contribution in [2.45, 2.75) is 0 Å². The number of anilines is 2. The summed E-state index contributed by atoms with van der Waals surface area (Å²) in [6.07, 6.45) is 3.21. The molecule has 0 aliphatic carbocycles. The van der Waals surface area contributed by atoms with Gasteiger partial charge in [0.15, 0.2) is 0 Å². The van der Waals surface area contributed by atoms with Crippen LogP contribution in [0.3, 0.4) is 0 Å². The van der Waals surface area contributed by atoms with E-state index in [2.05, 4.69) is 25.6 Å². The molecule has 0 saturated carbocycles. The third-order valence-electron chi connectivity index (χ3n) is 3.45. The van der Waals surface area contributed by atoms with Crippen molar-refractivity contribution in [3.63, 3.8) is 0 Å². The molecule has 1 aromatic carbocycles. The van der Waals surface area contributed by atoms with E-state index in [-0.39, 0.29) is 5.91 Å². The second kappa shape index (κ2) is 8.37. The van der Waals surface area contributed by atoms with Crippen molar-refractivity contribution >= 4 is 29.1 Å². The number of carbonyl (C=O) groups is 1. The van der Waals surface area contributed by atoms with Gasteiger partial charge in [0.1, 0.15) is 5.69 Å². The van der Waals surface area contributed by atoms with Crippen molar-refractivity contribution in [2.24, 2.45) is 5.73 Å². The molecule has 0 saturated heterocycles. The molecule has 132 valence electrons. The Morgan fingerprint density at radius 1 is 1.12 bits per heavy atom.